The molecule has 1 aromatic carbocycles. The van der Waals surface area contributed by atoms with Crippen LogP contribution in [0.15, 0.2) is 36.4 Å². The van der Waals surface area contributed by atoms with E-state index in [1.54, 1.807) is 0 Å². The lowest BCUT2D eigenvalue weighted by molar-refractivity contribution is 0.442. The molecule has 2 aromatic rings. The van der Waals surface area contributed by atoms with Crippen LogP contribution in [0.4, 0.5) is 11.8 Å². The summed E-state index contributed by atoms with van der Waals surface area (Å²) in [7, 11) is 0. The minimum atomic E-state index is 0.707. The first-order chi connectivity index (χ1) is 12.3. The van der Waals surface area contributed by atoms with E-state index in [2.05, 4.69) is 54.4 Å². The second-order valence-electron chi connectivity index (χ2n) is 7.13. The first-order valence-corrected chi connectivity index (χ1v) is 9.69. The van der Waals surface area contributed by atoms with Crippen LogP contribution in [0.5, 0.6) is 0 Å². The molecule has 1 aliphatic rings. The van der Waals surface area contributed by atoms with Gasteiger partial charge < -0.3 is 10.2 Å². The van der Waals surface area contributed by atoms with Crippen molar-refractivity contribution in [3.63, 3.8) is 0 Å². The van der Waals surface area contributed by atoms with Crippen LogP contribution >= 0.6 is 0 Å². The van der Waals surface area contributed by atoms with Crippen LogP contribution in [0.25, 0.3) is 11.3 Å². The van der Waals surface area contributed by atoms with Crippen LogP contribution in [0.2, 0.25) is 0 Å². The molecule has 0 bridgehead atoms. The van der Waals surface area contributed by atoms with Gasteiger partial charge in [-0.2, -0.15) is 4.98 Å². The maximum absolute atomic E-state index is 4.88. The summed E-state index contributed by atoms with van der Waals surface area (Å²) in [6.07, 6.45) is 6.19. The van der Waals surface area contributed by atoms with E-state index in [0.717, 1.165) is 42.7 Å². The van der Waals surface area contributed by atoms with E-state index in [0.29, 0.717) is 5.92 Å². The van der Waals surface area contributed by atoms with Gasteiger partial charge in [-0.05, 0) is 25.2 Å². The second kappa shape index (κ2) is 8.84. The standard InChI is InChI=1S/C21H30N4/c1-3-4-8-13-22-20-15-19(18-11-6-5-7-12-18)23-21(24-20)25-14-9-10-17(2)16-25/h5-7,11-12,15,17H,3-4,8-10,13-14,16H2,1-2H3,(H,22,23,24). The molecule has 1 aliphatic heterocycles. The molecule has 1 saturated heterocycles. The zero-order valence-corrected chi connectivity index (χ0v) is 15.5. The van der Waals surface area contributed by atoms with E-state index >= 15 is 0 Å². The lowest BCUT2D eigenvalue weighted by Crippen LogP contribution is -2.35. The van der Waals surface area contributed by atoms with E-state index in [1.807, 2.05) is 6.07 Å². The molecule has 4 heteroatoms. The van der Waals surface area contributed by atoms with E-state index in [-0.39, 0.29) is 0 Å². The number of benzene rings is 1. The van der Waals surface area contributed by atoms with Crippen LogP contribution in [-0.2, 0) is 0 Å². The molecule has 3 rings (SSSR count). The molecular formula is C21H30N4. The molecule has 25 heavy (non-hydrogen) atoms. The Morgan fingerprint density at radius 3 is 2.76 bits per heavy atom. The predicted molar refractivity (Wildman–Crippen MR) is 106 cm³/mol. The number of aromatic nitrogens is 2. The Hall–Kier alpha value is -2.10. The lowest BCUT2D eigenvalue weighted by Gasteiger charge is -2.31. The van der Waals surface area contributed by atoms with Gasteiger partial charge in [-0.1, -0.05) is 57.0 Å². The maximum atomic E-state index is 4.88. The summed E-state index contributed by atoms with van der Waals surface area (Å²) in [6.45, 7) is 7.62. The highest BCUT2D eigenvalue weighted by Gasteiger charge is 2.20. The number of rotatable bonds is 7. The topological polar surface area (TPSA) is 41.1 Å². The van der Waals surface area contributed by atoms with Crippen molar-refractivity contribution in [1.29, 1.82) is 0 Å². The van der Waals surface area contributed by atoms with Crippen LogP contribution in [0.3, 0.4) is 0 Å². The normalized spacial score (nSPS) is 17.5. The third kappa shape index (κ3) is 4.94. The van der Waals surface area contributed by atoms with Crippen LogP contribution in [0.1, 0.15) is 46.0 Å². The quantitative estimate of drug-likeness (QED) is 0.723. The van der Waals surface area contributed by atoms with Crippen LogP contribution in [-0.4, -0.2) is 29.6 Å². The Morgan fingerprint density at radius 1 is 1.16 bits per heavy atom. The Balaban J connectivity index is 1.85. The number of piperidine rings is 1. The summed E-state index contributed by atoms with van der Waals surface area (Å²) in [5.74, 6) is 2.52. The van der Waals surface area contributed by atoms with Crippen molar-refractivity contribution >= 4 is 11.8 Å². The molecular weight excluding hydrogens is 308 g/mol. The molecule has 1 fully saturated rings. The van der Waals surface area contributed by atoms with Gasteiger partial charge in [0.05, 0.1) is 5.69 Å². The Bertz CT molecular complexity index is 656. The van der Waals surface area contributed by atoms with Gasteiger partial charge in [0.25, 0.3) is 0 Å². The second-order valence-corrected chi connectivity index (χ2v) is 7.13. The molecule has 1 aromatic heterocycles. The zero-order valence-electron chi connectivity index (χ0n) is 15.5. The summed E-state index contributed by atoms with van der Waals surface area (Å²) in [4.78, 5) is 12.0. The first kappa shape index (κ1) is 17.7. The molecule has 0 aliphatic carbocycles. The molecule has 0 radical (unpaired) electrons. The van der Waals surface area contributed by atoms with Gasteiger partial charge in [0, 0.05) is 31.3 Å². The Morgan fingerprint density at radius 2 is 2.00 bits per heavy atom. The number of unbranched alkanes of at least 4 members (excludes halogenated alkanes) is 2. The van der Waals surface area contributed by atoms with E-state index in [1.165, 1.54) is 32.1 Å². The third-order valence-corrected chi connectivity index (χ3v) is 4.81. The zero-order chi connectivity index (χ0) is 17.5. The van der Waals surface area contributed by atoms with E-state index < -0.39 is 0 Å². The van der Waals surface area contributed by atoms with Crippen LogP contribution in [0, 0.1) is 5.92 Å². The fraction of sp³-hybridized carbons (Fsp3) is 0.524. The fourth-order valence-corrected chi connectivity index (χ4v) is 3.39. The molecule has 4 nitrogen and oxygen atoms in total. The third-order valence-electron chi connectivity index (χ3n) is 4.81. The molecule has 0 saturated carbocycles. The molecule has 2 heterocycles. The fourth-order valence-electron chi connectivity index (χ4n) is 3.39. The first-order valence-electron chi connectivity index (χ1n) is 9.69. The smallest absolute Gasteiger partial charge is 0.227 e. The van der Waals surface area contributed by atoms with Crippen molar-refractivity contribution in [1.82, 2.24) is 9.97 Å². The maximum Gasteiger partial charge on any atom is 0.227 e. The summed E-state index contributed by atoms with van der Waals surface area (Å²) < 4.78 is 0. The Labute approximate surface area is 151 Å². The molecule has 1 atom stereocenters. The van der Waals surface area contributed by atoms with Crippen molar-refractivity contribution < 1.29 is 0 Å². The highest BCUT2D eigenvalue weighted by atomic mass is 15.3. The van der Waals surface area contributed by atoms with Gasteiger partial charge in [-0.3, -0.25) is 0 Å². The number of nitrogens with zero attached hydrogens (tertiary/aromatic N) is 3. The van der Waals surface area contributed by atoms with E-state index in [4.69, 9.17) is 9.97 Å². The van der Waals surface area contributed by atoms with Crippen molar-refractivity contribution in [2.45, 2.75) is 46.0 Å². The van der Waals surface area contributed by atoms with Crippen molar-refractivity contribution in [3.05, 3.63) is 36.4 Å². The van der Waals surface area contributed by atoms with Gasteiger partial charge in [0.2, 0.25) is 5.95 Å². The molecule has 1 unspecified atom stereocenters. The van der Waals surface area contributed by atoms with Crippen molar-refractivity contribution in [3.8, 4) is 11.3 Å². The summed E-state index contributed by atoms with van der Waals surface area (Å²) in [5, 5.41) is 3.50. The monoisotopic (exact) mass is 338 g/mol. The van der Waals surface area contributed by atoms with Gasteiger partial charge in [0.1, 0.15) is 5.82 Å². The minimum absolute atomic E-state index is 0.707. The molecule has 0 spiro atoms. The summed E-state index contributed by atoms with van der Waals surface area (Å²) in [5.41, 5.74) is 2.15. The average Bonchev–Trinajstić information content (AvgIpc) is 2.66. The number of hydrogen-bond acceptors (Lipinski definition) is 4. The molecule has 1 N–H and O–H groups in total. The molecule has 0 amide bonds. The predicted octanol–water partition coefficient (Wildman–Crippen LogP) is 4.98. The van der Waals surface area contributed by atoms with Gasteiger partial charge >= 0.3 is 0 Å². The van der Waals surface area contributed by atoms with Crippen molar-refractivity contribution in [2.75, 3.05) is 29.9 Å². The number of anilines is 2. The minimum Gasteiger partial charge on any atom is -0.370 e. The summed E-state index contributed by atoms with van der Waals surface area (Å²) >= 11 is 0. The van der Waals surface area contributed by atoms with Gasteiger partial charge in [-0.25, -0.2) is 4.98 Å². The Kier molecular flexibility index (Phi) is 6.26. The van der Waals surface area contributed by atoms with Crippen LogP contribution < -0.4 is 10.2 Å². The number of nitrogens with one attached hydrogen (secondary N) is 1. The molecule has 134 valence electrons. The van der Waals surface area contributed by atoms with Gasteiger partial charge in [0.15, 0.2) is 0 Å². The van der Waals surface area contributed by atoms with Gasteiger partial charge in [-0.15, -0.1) is 0 Å². The highest BCUT2D eigenvalue weighted by molar-refractivity contribution is 5.64. The summed E-state index contributed by atoms with van der Waals surface area (Å²) in [6, 6.07) is 12.5. The highest BCUT2D eigenvalue weighted by Crippen LogP contribution is 2.26. The average molecular weight is 338 g/mol. The van der Waals surface area contributed by atoms with Crippen molar-refractivity contribution in [2.24, 2.45) is 5.92 Å². The number of hydrogen-bond donors (Lipinski definition) is 1. The largest absolute Gasteiger partial charge is 0.370 e. The SMILES string of the molecule is CCCCCNc1cc(-c2ccccc2)nc(N2CCCC(C)C2)n1. The lowest BCUT2D eigenvalue weighted by atomic mass is 10.0. The van der Waals surface area contributed by atoms with E-state index in [9.17, 15) is 0 Å².